The van der Waals surface area contributed by atoms with Crippen LogP contribution in [0.15, 0.2) is 57.9 Å². The summed E-state index contributed by atoms with van der Waals surface area (Å²) in [4.78, 5) is 16.7. The summed E-state index contributed by atoms with van der Waals surface area (Å²) in [5.41, 5.74) is 1.26. The minimum absolute atomic E-state index is 0.166. The average molecular weight is 489 g/mol. The number of sulfonamides is 1. The molecule has 174 valence electrons. The molecule has 1 fully saturated rings. The van der Waals surface area contributed by atoms with Crippen molar-refractivity contribution >= 4 is 33.2 Å². The van der Waals surface area contributed by atoms with Crippen LogP contribution in [0.1, 0.15) is 32.1 Å². The van der Waals surface area contributed by atoms with Crippen LogP contribution in [0, 0.1) is 5.92 Å². The molecular formula is C23H25ClN4O4S. The predicted octanol–water partition coefficient (Wildman–Crippen LogP) is 4.38. The van der Waals surface area contributed by atoms with Gasteiger partial charge in [0.2, 0.25) is 27.6 Å². The van der Waals surface area contributed by atoms with E-state index >= 15 is 0 Å². The number of halogens is 1. The minimum atomic E-state index is -3.51. The summed E-state index contributed by atoms with van der Waals surface area (Å²) in [6, 6.07) is 13.4. The molecule has 0 saturated carbocycles. The third kappa shape index (κ3) is 5.79. The Balaban J connectivity index is 1.36. The van der Waals surface area contributed by atoms with Gasteiger partial charge in [-0.1, -0.05) is 29.7 Å². The fourth-order valence-electron chi connectivity index (χ4n) is 3.63. The van der Waals surface area contributed by atoms with Crippen LogP contribution < -0.4 is 5.32 Å². The van der Waals surface area contributed by atoms with E-state index in [9.17, 15) is 13.2 Å². The SMILES string of the molecule is CC1CCN(S(=O)(=O)c2ccc(-c3noc(CCC(=O)Nc4cccc(Cl)c4)n3)cc2)CC1. The molecule has 8 nitrogen and oxygen atoms in total. The predicted molar refractivity (Wildman–Crippen MR) is 125 cm³/mol. The van der Waals surface area contributed by atoms with Crippen molar-refractivity contribution < 1.29 is 17.7 Å². The number of aryl methyl sites for hydroxylation is 1. The van der Waals surface area contributed by atoms with Gasteiger partial charge in [0.05, 0.1) is 4.90 Å². The first-order chi connectivity index (χ1) is 15.8. The van der Waals surface area contributed by atoms with Crippen molar-refractivity contribution in [2.45, 2.75) is 37.5 Å². The molecule has 3 aromatic rings. The molecule has 0 atom stereocenters. The van der Waals surface area contributed by atoms with Gasteiger partial charge >= 0.3 is 0 Å². The number of anilines is 1. The fourth-order valence-corrected chi connectivity index (χ4v) is 5.29. The Morgan fingerprint density at radius 3 is 2.61 bits per heavy atom. The summed E-state index contributed by atoms with van der Waals surface area (Å²) in [5.74, 6) is 1.02. The molecule has 0 unspecified atom stereocenters. The molecule has 1 saturated heterocycles. The summed E-state index contributed by atoms with van der Waals surface area (Å²) in [7, 11) is -3.51. The lowest BCUT2D eigenvalue weighted by Gasteiger charge is -2.29. The first-order valence-electron chi connectivity index (χ1n) is 10.8. The van der Waals surface area contributed by atoms with Crippen molar-refractivity contribution in [3.63, 3.8) is 0 Å². The molecule has 1 amide bonds. The van der Waals surface area contributed by atoms with Crippen molar-refractivity contribution in [2.24, 2.45) is 5.92 Å². The third-order valence-corrected chi connectivity index (χ3v) is 7.78. The molecule has 4 rings (SSSR count). The van der Waals surface area contributed by atoms with E-state index in [0.717, 1.165) is 12.8 Å². The van der Waals surface area contributed by atoms with E-state index in [0.29, 0.717) is 47.0 Å². The van der Waals surface area contributed by atoms with Gasteiger partial charge < -0.3 is 9.84 Å². The Morgan fingerprint density at radius 2 is 1.91 bits per heavy atom. The van der Waals surface area contributed by atoms with Crippen LogP contribution in [-0.2, 0) is 21.2 Å². The minimum Gasteiger partial charge on any atom is -0.339 e. The number of benzene rings is 2. The molecule has 0 aliphatic carbocycles. The van der Waals surface area contributed by atoms with Gasteiger partial charge in [-0.05, 0) is 61.2 Å². The molecule has 10 heteroatoms. The maximum atomic E-state index is 12.9. The summed E-state index contributed by atoms with van der Waals surface area (Å²) in [5, 5.41) is 7.26. The Kier molecular flexibility index (Phi) is 7.11. The second-order valence-electron chi connectivity index (χ2n) is 8.18. The Bertz CT molecular complexity index is 1220. The van der Waals surface area contributed by atoms with Crippen LogP contribution in [-0.4, -0.2) is 41.9 Å². The topological polar surface area (TPSA) is 105 Å². The van der Waals surface area contributed by atoms with Crippen LogP contribution >= 0.6 is 11.6 Å². The molecule has 33 heavy (non-hydrogen) atoms. The van der Waals surface area contributed by atoms with Crippen LogP contribution in [0.4, 0.5) is 5.69 Å². The average Bonchev–Trinajstić information content (AvgIpc) is 3.27. The highest BCUT2D eigenvalue weighted by molar-refractivity contribution is 7.89. The van der Waals surface area contributed by atoms with Crippen LogP contribution in [0.3, 0.4) is 0 Å². The van der Waals surface area contributed by atoms with Gasteiger partial charge in [-0.25, -0.2) is 8.42 Å². The molecule has 2 aromatic carbocycles. The lowest BCUT2D eigenvalue weighted by atomic mass is 10.0. The van der Waals surface area contributed by atoms with Gasteiger partial charge in [0, 0.05) is 42.2 Å². The van der Waals surface area contributed by atoms with E-state index in [4.69, 9.17) is 16.1 Å². The lowest BCUT2D eigenvalue weighted by Crippen LogP contribution is -2.37. The number of hydrogen-bond acceptors (Lipinski definition) is 6. The van der Waals surface area contributed by atoms with Crippen molar-refractivity contribution in [1.29, 1.82) is 0 Å². The number of rotatable bonds is 7. The largest absolute Gasteiger partial charge is 0.339 e. The number of hydrogen-bond donors (Lipinski definition) is 1. The zero-order valence-electron chi connectivity index (χ0n) is 18.2. The number of aromatic nitrogens is 2. The van der Waals surface area contributed by atoms with E-state index < -0.39 is 10.0 Å². The number of nitrogens with one attached hydrogen (secondary N) is 1. The molecular weight excluding hydrogens is 464 g/mol. The summed E-state index contributed by atoms with van der Waals surface area (Å²) < 4.78 is 32.5. The number of nitrogens with zero attached hydrogens (tertiary/aromatic N) is 3. The molecule has 1 aromatic heterocycles. The van der Waals surface area contributed by atoms with Gasteiger partial charge in [-0.15, -0.1) is 0 Å². The fraction of sp³-hybridized carbons (Fsp3) is 0.348. The second-order valence-corrected chi connectivity index (χ2v) is 10.6. The summed E-state index contributed by atoms with van der Waals surface area (Å²) >= 11 is 5.92. The molecule has 0 radical (unpaired) electrons. The molecule has 1 N–H and O–H groups in total. The van der Waals surface area contributed by atoms with E-state index in [-0.39, 0.29) is 23.6 Å². The monoisotopic (exact) mass is 488 g/mol. The van der Waals surface area contributed by atoms with Gasteiger partial charge in [0.15, 0.2) is 0 Å². The normalized spacial score (nSPS) is 15.5. The quantitative estimate of drug-likeness (QED) is 0.529. The maximum absolute atomic E-state index is 12.9. The van der Waals surface area contributed by atoms with Crippen molar-refractivity contribution in [2.75, 3.05) is 18.4 Å². The number of carbonyl (C=O) groups is 1. The van der Waals surface area contributed by atoms with Gasteiger partial charge in [-0.3, -0.25) is 4.79 Å². The highest BCUT2D eigenvalue weighted by Crippen LogP contribution is 2.25. The number of carbonyl (C=O) groups excluding carboxylic acids is 1. The molecule has 0 bridgehead atoms. The maximum Gasteiger partial charge on any atom is 0.243 e. The van der Waals surface area contributed by atoms with Crippen molar-refractivity contribution in [1.82, 2.24) is 14.4 Å². The molecule has 1 aliphatic rings. The first-order valence-corrected chi connectivity index (χ1v) is 12.6. The first kappa shape index (κ1) is 23.4. The zero-order chi connectivity index (χ0) is 23.4. The molecule has 0 spiro atoms. The Morgan fingerprint density at radius 1 is 1.18 bits per heavy atom. The van der Waals surface area contributed by atoms with E-state index in [1.54, 1.807) is 52.8 Å². The Hall–Kier alpha value is -2.75. The second kappa shape index (κ2) is 10.0. The smallest absolute Gasteiger partial charge is 0.243 e. The molecule has 2 heterocycles. The molecule has 1 aliphatic heterocycles. The van der Waals surface area contributed by atoms with Crippen LogP contribution in [0.2, 0.25) is 5.02 Å². The van der Waals surface area contributed by atoms with Crippen molar-refractivity contribution in [3.8, 4) is 11.4 Å². The van der Waals surface area contributed by atoms with E-state index in [2.05, 4.69) is 22.4 Å². The van der Waals surface area contributed by atoms with Crippen LogP contribution in [0.25, 0.3) is 11.4 Å². The van der Waals surface area contributed by atoms with Gasteiger partial charge in [0.25, 0.3) is 0 Å². The van der Waals surface area contributed by atoms with Crippen LogP contribution in [0.5, 0.6) is 0 Å². The van der Waals surface area contributed by atoms with Gasteiger partial charge in [0.1, 0.15) is 0 Å². The van der Waals surface area contributed by atoms with E-state index in [1.165, 1.54) is 0 Å². The number of piperidine rings is 1. The summed E-state index contributed by atoms with van der Waals surface area (Å²) in [6.45, 7) is 3.23. The third-order valence-electron chi connectivity index (χ3n) is 5.64. The Labute approximate surface area is 198 Å². The summed E-state index contributed by atoms with van der Waals surface area (Å²) in [6.07, 6.45) is 2.19. The van der Waals surface area contributed by atoms with Crippen molar-refractivity contribution in [3.05, 3.63) is 59.4 Å². The van der Waals surface area contributed by atoms with Gasteiger partial charge in [-0.2, -0.15) is 9.29 Å². The highest BCUT2D eigenvalue weighted by Gasteiger charge is 2.28. The number of amides is 1. The van der Waals surface area contributed by atoms with E-state index in [1.807, 2.05) is 0 Å². The zero-order valence-corrected chi connectivity index (χ0v) is 19.8. The lowest BCUT2D eigenvalue weighted by molar-refractivity contribution is -0.116. The highest BCUT2D eigenvalue weighted by atomic mass is 35.5. The standard InChI is InChI=1S/C23H25ClN4O4S/c1-16-11-13-28(14-12-16)33(30,31)20-7-5-17(6-8-20)23-26-22(32-27-23)10-9-21(29)25-19-4-2-3-18(24)15-19/h2-8,15-16H,9-14H2,1H3,(H,25,29).